The van der Waals surface area contributed by atoms with E-state index >= 15 is 0 Å². The molecule has 9 heteroatoms. The number of hydrogen-bond acceptors (Lipinski definition) is 7. The van der Waals surface area contributed by atoms with Gasteiger partial charge in [-0.3, -0.25) is 9.78 Å². The first-order chi connectivity index (χ1) is 14.7. The predicted molar refractivity (Wildman–Crippen MR) is 110 cm³/mol. The number of rotatable bonds is 4. The third-order valence-electron chi connectivity index (χ3n) is 5.10. The van der Waals surface area contributed by atoms with Crippen molar-refractivity contribution in [3.8, 4) is 0 Å². The van der Waals surface area contributed by atoms with E-state index in [9.17, 15) is 9.18 Å². The SMILES string of the molecule is O=c1ccc(N2CCN(c3nc4ccc(F)cc4o3)CC2)nn1Cc1ccccn1. The van der Waals surface area contributed by atoms with Crippen molar-refractivity contribution < 1.29 is 8.81 Å². The van der Waals surface area contributed by atoms with Crippen LogP contribution in [-0.2, 0) is 6.54 Å². The summed E-state index contributed by atoms with van der Waals surface area (Å²) in [4.78, 5) is 25.1. The van der Waals surface area contributed by atoms with Gasteiger partial charge in [-0.05, 0) is 30.3 Å². The Morgan fingerprint density at radius 1 is 1.00 bits per heavy atom. The second kappa shape index (κ2) is 7.58. The van der Waals surface area contributed by atoms with Gasteiger partial charge >= 0.3 is 0 Å². The Balaban J connectivity index is 1.30. The van der Waals surface area contributed by atoms with Crippen molar-refractivity contribution in [1.29, 1.82) is 0 Å². The number of aromatic nitrogens is 4. The summed E-state index contributed by atoms with van der Waals surface area (Å²) in [6, 6.07) is 13.7. The van der Waals surface area contributed by atoms with E-state index < -0.39 is 0 Å². The minimum atomic E-state index is -0.345. The predicted octanol–water partition coefficient (Wildman–Crippen LogP) is 2.29. The maximum absolute atomic E-state index is 13.4. The molecule has 0 amide bonds. The van der Waals surface area contributed by atoms with Crippen LogP contribution in [0.3, 0.4) is 0 Å². The van der Waals surface area contributed by atoms with Gasteiger partial charge in [0, 0.05) is 44.5 Å². The number of oxazole rings is 1. The molecule has 1 aliphatic heterocycles. The summed E-state index contributed by atoms with van der Waals surface area (Å²) in [5.41, 5.74) is 1.69. The smallest absolute Gasteiger partial charge is 0.298 e. The Bertz CT molecular complexity index is 1230. The first-order valence-electron chi connectivity index (χ1n) is 9.70. The van der Waals surface area contributed by atoms with Gasteiger partial charge in [0.1, 0.15) is 17.2 Å². The second-order valence-electron chi connectivity index (χ2n) is 7.09. The average molecular weight is 406 g/mol. The third kappa shape index (κ3) is 3.61. The van der Waals surface area contributed by atoms with Gasteiger partial charge < -0.3 is 14.2 Å². The molecule has 1 aromatic carbocycles. The molecule has 5 rings (SSSR count). The lowest BCUT2D eigenvalue weighted by Crippen LogP contribution is -2.47. The summed E-state index contributed by atoms with van der Waals surface area (Å²) >= 11 is 0. The molecular weight excluding hydrogens is 387 g/mol. The van der Waals surface area contributed by atoms with Crippen LogP contribution in [0.5, 0.6) is 0 Å². The minimum Gasteiger partial charge on any atom is -0.423 e. The fourth-order valence-corrected chi connectivity index (χ4v) is 3.51. The molecule has 0 radical (unpaired) electrons. The van der Waals surface area contributed by atoms with Crippen molar-refractivity contribution in [2.45, 2.75) is 6.54 Å². The Morgan fingerprint density at radius 3 is 2.63 bits per heavy atom. The minimum absolute atomic E-state index is 0.165. The summed E-state index contributed by atoms with van der Waals surface area (Å²) in [6.07, 6.45) is 1.70. The molecule has 8 nitrogen and oxygen atoms in total. The van der Waals surface area contributed by atoms with E-state index in [0.29, 0.717) is 49.8 Å². The molecule has 4 heterocycles. The van der Waals surface area contributed by atoms with E-state index in [1.54, 1.807) is 18.3 Å². The van der Waals surface area contributed by atoms with Gasteiger partial charge in [-0.15, -0.1) is 0 Å². The van der Waals surface area contributed by atoms with Gasteiger partial charge in [-0.1, -0.05) is 6.07 Å². The van der Waals surface area contributed by atoms with Crippen molar-refractivity contribution >= 4 is 22.9 Å². The standard InChI is InChI=1S/C21H19FN6O2/c22-15-4-5-17-18(13-15)30-21(24-17)27-11-9-26(10-12-27)19-6-7-20(29)28(25-19)14-16-3-1-2-8-23-16/h1-8,13H,9-12,14H2. The van der Waals surface area contributed by atoms with Gasteiger partial charge in [0.2, 0.25) is 0 Å². The van der Waals surface area contributed by atoms with Gasteiger partial charge in [-0.2, -0.15) is 10.1 Å². The van der Waals surface area contributed by atoms with Crippen molar-refractivity contribution in [1.82, 2.24) is 19.7 Å². The summed E-state index contributed by atoms with van der Waals surface area (Å²) in [5.74, 6) is 0.395. The van der Waals surface area contributed by atoms with E-state index in [2.05, 4.69) is 20.0 Å². The zero-order valence-corrected chi connectivity index (χ0v) is 16.1. The Morgan fingerprint density at radius 2 is 1.83 bits per heavy atom. The van der Waals surface area contributed by atoms with Crippen LogP contribution in [0.15, 0.2) is 63.9 Å². The number of benzene rings is 1. The van der Waals surface area contributed by atoms with E-state index in [1.807, 2.05) is 23.1 Å². The normalized spacial score (nSPS) is 14.4. The summed E-state index contributed by atoms with van der Waals surface area (Å²) in [5, 5.41) is 4.52. The molecular formula is C21H19FN6O2. The highest BCUT2D eigenvalue weighted by Crippen LogP contribution is 2.24. The number of halogens is 1. The van der Waals surface area contributed by atoms with Crippen LogP contribution in [-0.4, -0.2) is 45.9 Å². The highest BCUT2D eigenvalue weighted by atomic mass is 19.1. The molecule has 0 unspecified atom stereocenters. The Hall–Kier alpha value is -3.75. The lowest BCUT2D eigenvalue weighted by molar-refractivity contribution is 0.533. The van der Waals surface area contributed by atoms with Gasteiger partial charge in [0.15, 0.2) is 5.58 Å². The molecule has 30 heavy (non-hydrogen) atoms. The highest BCUT2D eigenvalue weighted by Gasteiger charge is 2.22. The monoisotopic (exact) mass is 406 g/mol. The molecule has 1 saturated heterocycles. The number of pyridine rings is 1. The zero-order valence-electron chi connectivity index (χ0n) is 16.1. The Kier molecular flexibility index (Phi) is 4.62. The fraction of sp³-hybridized carbons (Fsp3) is 0.238. The topological polar surface area (TPSA) is 80.3 Å². The average Bonchev–Trinajstić information content (AvgIpc) is 3.19. The van der Waals surface area contributed by atoms with E-state index in [1.165, 1.54) is 22.9 Å². The van der Waals surface area contributed by atoms with Crippen LogP contribution < -0.4 is 15.4 Å². The molecule has 0 bridgehead atoms. The summed E-state index contributed by atoms with van der Waals surface area (Å²) < 4.78 is 20.5. The van der Waals surface area contributed by atoms with Crippen molar-refractivity contribution in [3.05, 3.63) is 76.6 Å². The molecule has 1 fully saturated rings. The van der Waals surface area contributed by atoms with E-state index in [4.69, 9.17) is 4.42 Å². The molecule has 1 aliphatic rings. The van der Waals surface area contributed by atoms with Crippen LogP contribution in [0.4, 0.5) is 16.2 Å². The summed E-state index contributed by atoms with van der Waals surface area (Å²) in [7, 11) is 0. The molecule has 0 saturated carbocycles. The van der Waals surface area contributed by atoms with Gasteiger partial charge in [0.05, 0.1) is 12.2 Å². The molecule has 3 aromatic heterocycles. The second-order valence-corrected chi connectivity index (χ2v) is 7.09. The van der Waals surface area contributed by atoms with Crippen LogP contribution in [0.1, 0.15) is 5.69 Å². The summed E-state index contributed by atoms with van der Waals surface area (Å²) in [6.45, 7) is 3.07. The quantitative estimate of drug-likeness (QED) is 0.514. The van der Waals surface area contributed by atoms with Gasteiger partial charge in [-0.25, -0.2) is 9.07 Å². The molecule has 0 spiro atoms. The zero-order chi connectivity index (χ0) is 20.5. The third-order valence-corrected chi connectivity index (χ3v) is 5.10. The van der Waals surface area contributed by atoms with Crippen LogP contribution in [0.25, 0.3) is 11.1 Å². The maximum atomic E-state index is 13.4. The van der Waals surface area contributed by atoms with Crippen LogP contribution in [0.2, 0.25) is 0 Å². The fourth-order valence-electron chi connectivity index (χ4n) is 3.51. The van der Waals surface area contributed by atoms with Crippen molar-refractivity contribution in [2.24, 2.45) is 0 Å². The largest absolute Gasteiger partial charge is 0.423 e. The number of piperazine rings is 1. The highest BCUT2D eigenvalue weighted by molar-refractivity contribution is 5.74. The maximum Gasteiger partial charge on any atom is 0.298 e. The van der Waals surface area contributed by atoms with E-state index in [0.717, 1.165) is 11.5 Å². The van der Waals surface area contributed by atoms with Crippen molar-refractivity contribution in [3.63, 3.8) is 0 Å². The number of fused-ring (bicyclic) bond motifs is 1. The molecule has 152 valence electrons. The lowest BCUT2D eigenvalue weighted by Gasteiger charge is -2.34. The number of nitrogens with zero attached hydrogens (tertiary/aromatic N) is 6. The van der Waals surface area contributed by atoms with Crippen LogP contribution >= 0.6 is 0 Å². The molecule has 0 N–H and O–H groups in total. The number of anilines is 2. The van der Waals surface area contributed by atoms with E-state index in [-0.39, 0.29) is 11.4 Å². The molecule has 0 aliphatic carbocycles. The lowest BCUT2D eigenvalue weighted by atomic mass is 10.3. The van der Waals surface area contributed by atoms with Crippen LogP contribution in [0, 0.1) is 5.82 Å². The first-order valence-corrected chi connectivity index (χ1v) is 9.70. The van der Waals surface area contributed by atoms with Crippen molar-refractivity contribution in [2.75, 3.05) is 36.0 Å². The molecule has 4 aromatic rings. The molecule has 0 atom stereocenters. The first kappa shape index (κ1) is 18.3. The Labute approximate surface area is 171 Å². The van der Waals surface area contributed by atoms with Gasteiger partial charge in [0.25, 0.3) is 11.6 Å². The number of hydrogen-bond donors (Lipinski definition) is 0.